The number of carbonyl (C=O) groups excluding carboxylic acids is 2. The molecule has 0 aliphatic heterocycles. The Morgan fingerprint density at radius 3 is 2.44 bits per heavy atom. The van der Waals surface area contributed by atoms with E-state index in [4.69, 9.17) is 16.3 Å². The molecule has 18 heavy (non-hydrogen) atoms. The van der Waals surface area contributed by atoms with E-state index in [0.717, 1.165) is 25.7 Å². The van der Waals surface area contributed by atoms with E-state index < -0.39 is 5.97 Å². The Bertz CT molecular complexity index is 277. The van der Waals surface area contributed by atoms with Crippen molar-refractivity contribution in [2.45, 2.75) is 44.2 Å². The molecule has 0 heterocycles. The number of amides is 1. The van der Waals surface area contributed by atoms with Gasteiger partial charge in [-0.25, -0.2) is 0 Å². The first-order valence-corrected chi connectivity index (χ1v) is 6.28. The third-order valence-corrected chi connectivity index (χ3v) is 3.01. The first-order valence-electron chi connectivity index (χ1n) is 6.28. The summed E-state index contributed by atoms with van der Waals surface area (Å²) in [5.41, 5.74) is 7.94. The third kappa shape index (κ3) is 5.44. The average Bonchev–Trinajstić information content (AvgIpc) is 2.38. The summed E-state index contributed by atoms with van der Waals surface area (Å²) in [4.78, 5) is 22.6. The Kier molecular flexibility index (Phi) is 6.63. The summed E-state index contributed by atoms with van der Waals surface area (Å²) in [6.07, 6.45) is 3.56. The molecule has 1 saturated carbocycles. The zero-order chi connectivity index (χ0) is 13.4. The summed E-state index contributed by atoms with van der Waals surface area (Å²) < 4.78 is 5.26. The maximum Gasteiger partial charge on any atom is 0.325 e. The Morgan fingerprint density at radius 2 is 1.89 bits per heavy atom. The summed E-state index contributed by atoms with van der Waals surface area (Å²) in [5, 5.41) is 2.47. The van der Waals surface area contributed by atoms with E-state index in [9.17, 15) is 9.59 Å². The van der Waals surface area contributed by atoms with Crippen molar-refractivity contribution in [1.82, 2.24) is 10.7 Å². The van der Waals surface area contributed by atoms with Crippen molar-refractivity contribution in [2.24, 2.45) is 11.6 Å². The van der Waals surface area contributed by atoms with Crippen LogP contribution >= 0.6 is 0 Å². The molecule has 1 amide bonds. The molecule has 0 aromatic heterocycles. The number of rotatable bonds is 6. The lowest BCUT2D eigenvalue weighted by molar-refractivity contribution is -0.150. The lowest BCUT2D eigenvalue weighted by atomic mass is 9.93. The Hall–Kier alpha value is -1.18. The van der Waals surface area contributed by atoms with Gasteiger partial charge in [0.25, 0.3) is 0 Å². The Balaban J connectivity index is 2.15. The fourth-order valence-corrected chi connectivity index (χ4v) is 1.97. The predicted molar refractivity (Wildman–Crippen MR) is 66.1 cm³/mol. The van der Waals surface area contributed by atoms with Crippen molar-refractivity contribution in [2.75, 3.05) is 13.1 Å². The molecule has 0 unspecified atom stereocenters. The van der Waals surface area contributed by atoms with Crippen LogP contribution in [0.4, 0.5) is 0 Å². The van der Waals surface area contributed by atoms with Crippen LogP contribution in [0.25, 0.3) is 0 Å². The second-order valence-electron chi connectivity index (χ2n) is 4.45. The molecule has 0 radical (unpaired) electrons. The van der Waals surface area contributed by atoms with Gasteiger partial charge in [-0.15, -0.1) is 0 Å². The van der Waals surface area contributed by atoms with Crippen molar-refractivity contribution >= 4 is 11.9 Å². The molecule has 0 bridgehead atoms. The smallest absolute Gasteiger partial charge is 0.325 e. The number of esters is 1. The number of nitrogens with one attached hydrogen (secondary N) is 2. The minimum atomic E-state index is -0.399. The molecule has 0 atom stereocenters. The molecular formula is C11H22N4O3. The normalized spacial score (nSPS) is 23.4. The molecule has 0 spiro atoms. The second-order valence-corrected chi connectivity index (χ2v) is 4.45. The zero-order valence-electron chi connectivity index (χ0n) is 10.5. The first-order chi connectivity index (χ1) is 8.65. The van der Waals surface area contributed by atoms with Crippen LogP contribution in [0, 0.1) is 0 Å². The highest BCUT2D eigenvalue weighted by molar-refractivity contribution is 5.81. The van der Waals surface area contributed by atoms with E-state index in [1.54, 1.807) is 0 Å². The fraction of sp³-hybridized carbons (Fsp3) is 0.818. The molecule has 7 nitrogen and oxygen atoms in total. The molecule has 7 heteroatoms. The van der Waals surface area contributed by atoms with Crippen LogP contribution < -0.4 is 22.3 Å². The quantitative estimate of drug-likeness (QED) is 0.269. The number of hydrazine groups is 1. The summed E-state index contributed by atoms with van der Waals surface area (Å²) in [5.74, 6) is 4.71. The van der Waals surface area contributed by atoms with E-state index in [0.29, 0.717) is 6.04 Å². The summed E-state index contributed by atoms with van der Waals surface area (Å²) in [7, 11) is 0. The molecule has 1 fully saturated rings. The van der Waals surface area contributed by atoms with Gasteiger partial charge in [-0.1, -0.05) is 0 Å². The molecule has 1 aliphatic carbocycles. The van der Waals surface area contributed by atoms with E-state index in [1.165, 1.54) is 0 Å². The number of carbonyl (C=O) groups is 2. The number of hydrogen-bond donors (Lipinski definition) is 4. The molecule has 6 N–H and O–H groups in total. The summed E-state index contributed by atoms with van der Waals surface area (Å²) >= 11 is 0. The van der Waals surface area contributed by atoms with Crippen molar-refractivity contribution in [1.29, 1.82) is 0 Å². The number of hydrogen-bond acceptors (Lipinski definition) is 6. The van der Waals surface area contributed by atoms with Gasteiger partial charge in [0, 0.05) is 19.0 Å². The van der Waals surface area contributed by atoms with Crippen molar-refractivity contribution < 1.29 is 14.3 Å². The molecule has 1 aliphatic rings. The highest BCUT2D eigenvalue weighted by atomic mass is 16.5. The molecule has 0 aromatic carbocycles. The van der Waals surface area contributed by atoms with Crippen LogP contribution in [-0.2, 0) is 14.3 Å². The highest BCUT2D eigenvalue weighted by Crippen LogP contribution is 2.20. The van der Waals surface area contributed by atoms with Gasteiger partial charge in [0.05, 0.1) is 0 Å². The van der Waals surface area contributed by atoms with Gasteiger partial charge in [0.2, 0.25) is 5.91 Å². The van der Waals surface area contributed by atoms with Gasteiger partial charge in [0.1, 0.15) is 12.6 Å². The topological polar surface area (TPSA) is 119 Å². The number of nitrogens with two attached hydrogens (primary N) is 2. The summed E-state index contributed by atoms with van der Waals surface area (Å²) in [6.45, 7) is 0.185. The average molecular weight is 258 g/mol. The van der Waals surface area contributed by atoms with Gasteiger partial charge < -0.3 is 15.8 Å². The molecule has 1 rings (SSSR count). The fourth-order valence-electron chi connectivity index (χ4n) is 1.97. The van der Waals surface area contributed by atoms with Crippen molar-refractivity contribution in [3.8, 4) is 0 Å². The lowest BCUT2D eigenvalue weighted by Gasteiger charge is -2.27. The van der Waals surface area contributed by atoms with Crippen molar-refractivity contribution in [3.05, 3.63) is 0 Å². The van der Waals surface area contributed by atoms with Crippen LogP contribution in [0.15, 0.2) is 0 Å². The minimum absolute atomic E-state index is 0.0616. The first kappa shape index (κ1) is 14.9. The van der Waals surface area contributed by atoms with Gasteiger partial charge >= 0.3 is 5.97 Å². The van der Waals surface area contributed by atoms with Crippen LogP contribution in [0.2, 0.25) is 0 Å². The lowest BCUT2D eigenvalue weighted by Crippen LogP contribution is -2.40. The van der Waals surface area contributed by atoms with Gasteiger partial charge in [-0.05, 0) is 25.7 Å². The van der Waals surface area contributed by atoms with Gasteiger partial charge in [-0.2, -0.15) is 0 Å². The minimum Gasteiger partial charge on any atom is -0.461 e. The van der Waals surface area contributed by atoms with E-state index in [1.807, 2.05) is 0 Å². The maximum atomic E-state index is 11.5. The maximum absolute atomic E-state index is 11.5. The van der Waals surface area contributed by atoms with E-state index in [2.05, 4.69) is 10.7 Å². The van der Waals surface area contributed by atoms with Crippen LogP contribution in [-0.4, -0.2) is 37.1 Å². The molecule has 0 aromatic rings. The van der Waals surface area contributed by atoms with Crippen LogP contribution in [0.5, 0.6) is 0 Å². The Labute approximate surface area is 107 Å². The largest absolute Gasteiger partial charge is 0.461 e. The standard InChI is InChI=1S/C11H22N4O3/c12-6-5-10(16)14-7-11(17)18-9-3-1-8(15-13)2-4-9/h8-9,15H,1-7,12-13H2,(H,14,16). The second kappa shape index (κ2) is 8.02. The van der Waals surface area contributed by atoms with E-state index >= 15 is 0 Å². The highest BCUT2D eigenvalue weighted by Gasteiger charge is 2.23. The van der Waals surface area contributed by atoms with Crippen molar-refractivity contribution in [3.63, 3.8) is 0 Å². The number of ether oxygens (including phenoxy) is 1. The summed E-state index contributed by atoms with van der Waals surface area (Å²) in [6, 6.07) is 0.309. The zero-order valence-corrected chi connectivity index (χ0v) is 10.5. The molecule has 104 valence electrons. The van der Waals surface area contributed by atoms with Gasteiger partial charge in [0.15, 0.2) is 0 Å². The van der Waals surface area contributed by atoms with E-state index in [-0.39, 0.29) is 31.5 Å². The van der Waals surface area contributed by atoms with Crippen LogP contribution in [0.1, 0.15) is 32.1 Å². The van der Waals surface area contributed by atoms with Crippen LogP contribution in [0.3, 0.4) is 0 Å². The van der Waals surface area contributed by atoms with Gasteiger partial charge in [-0.3, -0.25) is 20.9 Å². The third-order valence-electron chi connectivity index (χ3n) is 3.01. The molecule has 0 saturated heterocycles. The Morgan fingerprint density at radius 1 is 1.22 bits per heavy atom. The monoisotopic (exact) mass is 258 g/mol. The SMILES string of the molecule is NCCC(=O)NCC(=O)OC1CCC(NN)CC1. The molecular weight excluding hydrogens is 236 g/mol. The predicted octanol–water partition coefficient (Wildman–Crippen LogP) is -1.23.